The van der Waals surface area contributed by atoms with Gasteiger partial charge in [0.15, 0.2) is 11.6 Å². The first-order valence-electron chi connectivity index (χ1n) is 4.48. The van der Waals surface area contributed by atoms with Gasteiger partial charge >= 0.3 is 0 Å². The number of benzene rings is 1. The molecule has 0 aliphatic carbocycles. The van der Waals surface area contributed by atoms with E-state index < -0.39 is 11.6 Å². The van der Waals surface area contributed by atoms with Gasteiger partial charge in [0.2, 0.25) is 0 Å². The van der Waals surface area contributed by atoms with Crippen LogP contribution in [0.4, 0.5) is 14.6 Å². The number of nitrogen functional groups attached to an aromatic ring is 1. The predicted octanol–water partition coefficient (Wildman–Crippen LogP) is 2.45. The average molecular weight is 244 g/mol. The predicted molar refractivity (Wildman–Crippen MR) is 57.1 cm³/mol. The maximum Gasteiger partial charge on any atom is 0.159 e. The lowest BCUT2D eigenvalue weighted by Crippen LogP contribution is -2.06. The van der Waals surface area contributed by atoms with E-state index in [0.29, 0.717) is 16.4 Å². The normalized spacial score (nSPS) is 10.7. The van der Waals surface area contributed by atoms with E-state index in [2.05, 4.69) is 5.10 Å². The number of aromatic nitrogens is 2. The van der Waals surface area contributed by atoms with Crippen molar-refractivity contribution >= 4 is 17.4 Å². The Morgan fingerprint density at radius 2 is 2.06 bits per heavy atom. The van der Waals surface area contributed by atoms with Crippen molar-refractivity contribution in [2.24, 2.45) is 0 Å². The minimum absolute atomic E-state index is 0.246. The van der Waals surface area contributed by atoms with Gasteiger partial charge in [0, 0.05) is 0 Å². The molecule has 2 rings (SSSR count). The van der Waals surface area contributed by atoms with Crippen molar-refractivity contribution in [1.29, 1.82) is 0 Å². The van der Waals surface area contributed by atoms with Crippen molar-refractivity contribution in [2.75, 3.05) is 5.73 Å². The lowest BCUT2D eigenvalue weighted by Gasteiger charge is -2.04. The number of halogens is 3. The van der Waals surface area contributed by atoms with E-state index in [-0.39, 0.29) is 6.54 Å². The van der Waals surface area contributed by atoms with Crippen LogP contribution in [-0.2, 0) is 6.54 Å². The fourth-order valence-electron chi connectivity index (χ4n) is 1.31. The highest BCUT2D eigenvalue weighted by molar-refractivity contribution is 6.32. The van der Waals surface area contributed by atoms with Crippen molar-refractivity contribution in [1.82, 2.24) is 9.78 Å². The highest BCUT2D eigenvalue weighted by Gasteiger charge is 2.07. The van der Waals surface area contributed by atoms with Gasteiger partial charge in [-0.1, -0.05) is 17.7 Å². The summed E-state index contributed by atoms with van der Waals surface area (Å²) in [4.78, 5) is 0. The third-order valence-corrected chi connectivity index (χ3v) is 2.44. The Hall–Kier alpha value is -1.62. The molecular weight excluding hydrogens is 236 g/mol. The molecule has 16 heavy (non-hydrogen) atoms. The minimum Gasteiger partial charge on any atom is -0.383 e. The van der Waals surface area contributed by atoms with Gasteiger partial charge in [0.25, 0.3) is 0 Å². The Bertz CT molecular complexity index is 525. The molecule has 2 aromatic rings. The monoisotopic (exact) mass is 243 g/mol. The largest absolute Gasteiger partial charge is 0.383 e. The molecule has 0 atom stereocenters. The molecule has 2 N–H and O–H groups in total. The Morgan fingerprint density at radius 3 is 2.62 bits per heavy atom. The lowest BCUT2D eigenvalue weighted by molar-refractivity contribution is 0.506. The molecule has 1 heterocycles. The average Bonchev–Trinajstić information content (AvgIpc) is 2.55. The molecule has 0 radical (unpaired) electrons. The molecule has 6 heteroatoms. The number of nitrogens with two attached hydrogens (primary N) is 1. The van der Waals surface area contributed by atoms with Gasteiger partial charge < -0.3 is 5.73 Å². The van der Waals surface area contributed by atoms with Crippen LogP contribution in [0.2, 0.25) is 5.02 Å². The maximum atomic E-state index is 12.9. The van der Waals surface area contributed by atoms with Gasteiger partial charge in [-0.15, -0.1) is 0 Å². The van der Waals surface area contributed by atoms with Crippen LogP contribution in [0.3, 0.4) is 0 Å². The number of hydrogen-bond donors (Lipinski definition) is 1. The third kappa shape index (κ3) is 1.99. The summed E-state index contributed by atoms with van der Waals surface area (Å²) >= 11 is 5.71. The maximum absolute atomic E-state index is 12.9. The summed E-state index contributed by atoms with van der Waals surface area (Å²) in [6, 6.07) is 3.63. The SMILES string of the molecule is Nc1c(Cl)cnn1Cc1ccc(F)c(F)c1. The second kappa shape index (κ2) is 4.09. The molecule has 0 saturated carbocycles. The first kappa shape index (κ1) is 10.9. The van der Waals surface area contributed by atoms with Crippen molar-refractivity contribution in [3.05, 3.63) is 46.6 Å². The molecule has 0 fully saturated rings. The van der Waals surface area contributed by atoms with Gasteiger partial charge in [-0.3, -0.25) is 0 Å². The summed E-state index contributed by atoms with van der Waals surface area (Å²) in [5.74, 6) is -1.48. The molecule has 0 saturated heterocycles. The third-order valence-electron chi connectivity index (χ3n) is 2.15. The molecule has 0 spiro atoms. The molecule has 0 bridgehead atoms. The molecule has 1 aromatic carbocycles. The first-order chi connectivity index (χ1) is 7.58. The number of nitrogens with zero attached hydrogens (tertiary/aromatic N) is 2. The van der Waals surface area contributed by atoms with E-state index in [9.17, 15) is 8.78 Å². The molecule has 3 nitrogen and oxygen atoms in total. The van der Waals surface area contributed by atoms with E-state index in [1.165, 1.54) is 16.9 Å². The summed E-state index contributed by atoms with van der Waals surface area (Å²) in [5, 5.41) is 4.24. The van der Waals surface area contributed by atoms with Crippen LogP contribution in [0.25, 0.3) is 0 Å². The number of anilines is 1. The van der Waals surface area contributed by atoms with Crippen LogP contribution in [0.15, 0.2) is 24.4 Å². The summed E-state index contributed by atoms with van der Waals surface area (Å²) in [6.45, 7) is 0.246. The minimum atomic E-state index is -0.894. The van der Waals surface area contributed by atoms with Crippen LogP contribution in [-0.4, -0.2) is 9.78 Å². The highest BCUT2D eigenvalue weighted by atomic mass is 35.5. The summed E-state index contributed by atoms with van der Waals surface area (Å²) in [5.41, 5.74) is 6.18. The highest BCUT2D eigenvalue weighted by Crippen LogP contribution is 2.18. The van der Waals surface area contributed by atoms with E-state index in [4.69, 9.17) is 17.3 Å². The van der Waals surface area contributed by atoms with Gasteiger partial charge in [-0.25, -0.2) is 13.5 Å². The lowest BCUT2D eigenvalue weighted by atomic mass is 10.2. The molecule has 0 aliphatic heterocycles. The van der Waals surface area contributed by atoms with Gasteiger partial charge in [-0.05, 0) is 17.7 Å². The second-order valence-corrected chi connectivity index (χ2v) is 3.69. The fraction of sp³-hybridized carbons (Fsp3) is 0.100. The van der Waals surface area contributed by atoms with Crippen LogP contribution in [0.1, 0.15) is 5.56 Å². The van der Waals surface area contributed by atoms with E-state index in [1.807, 2.05) is 0 Å². The van der Waals surface area contributed by atoms with Crippen LogP contribution in [0, 0.1) is 11.6 Å². The number of hydrogen-bond acceptors (Lipinski definition) is 2. The molecule has 1 aromatic heterocycles. The molecular formula is C10H8ClF2N3. The zero-order chi connectivity index (χ0) is 11.7. The van der Waals surface area contributed by atoms with Crippen LogP contribution < -0.4 is 5.73 Å². The zero-order valence-corrected chi connectivity index (χ0v) is 8.88. The fourth-order valence-corrected chi connectivity index (χ4v) is 1.45. The Labute approximate surface area is 95.4 Å². The smallest absolute Gasteiger partial charge is 0.159 e. The Kier molecular flexibility index (Phi) is 2.78. The zero-order valence-electron chi connectivity index (χ0n) is 8.12. The Balaban J connectivity index is 2.27. The summed E-state index contributed by atoms with van der Waals surface area (Å²) in [6.07, 6.45) is 1.40. The van der Waals surface area contributed by atoms with Gasteiger partial charge in [0.05, 0.1) is 12.7 Å². The van der Waals surface area contributed by atoms with E-state index in [0.717, 1.165) is 12.1 Å². The van der Waals surface area contributed by atoms with Crippen molar-refractivity contribution in [3.63, 3.8) is 0 Å². The molecule has 0 unspecified atom stereocenters. The van der Waals surface area contributed by atoms with Crippen LogP contribution in [0.5, 0.6) is 0 Å². The molecule has 0 aliphatic rings. The summed E-state index contributed by atoms with van der Waals surface area (Å²) < 4.78 is 27.0. The molecule has 0 amide bonds. The second-order valence-electron chi connectivity index (χ2n) is 3.28. The van der Waals surface area contributed by atoms with E-state index >= 15 is 0 Å². The van der Waals surface area contributed by atoms with Crippen molar-refractivity contribution < 1.29 is 8.78 Å². The van der Waals surface area contributed by atoms with Crippen LogP contribution >= 0.6 is 11.6 Å². The van der Waals surface area contributed by atoms with Gasteiger partial charge in [-0.2, -0.15) is 5.10 Å². The Morgan fingerprint density at radius 1 is 1.31 bits per heavy atom. The van der Waals surface area contributed by atoms with Crippen molar-refractivity contribution in [3.8, 4) is 0 Å². The summed E-state index contributed by atoms with van der Waals surface area (Å²) in [7, 11) is 0. The number of rotatable bonds is 2. The standard InChI is InChI=1S/C10H8ClF2N3/c11-7-4-15-16(10(7)14)5-6-1-2-8(12)9(13)3-6/h1-4H,5,14H2. The van der Waals surface area contributed by atoms with Gasteiger partial charge in [0.1, 0.15) is 10.8 Å². The van der Waals surface area contributed by atoms with E-state index in [1.54, 1.807) is 0 Å². The first-order valence-corrected chi connectivity index (χ1v) is 4.86. The topological polar surface area (TPSA) is 43.8 Å². The quantitative estimate of drug-likeness (QED) is 0.881. The van der Waals surface area contributed by atoms with Crippen molar-refractivity contribution in [2.45, 2.75) is 6.54 Å². The molecule has 84 valence electrons.